The van der Waals surface area contributed by atoms with Crippen LogP contribution in [0, 0.1) is 10.1 Å². The number of carboxylic acid groups (broad SMARTS) is 1. The minimum atomic E-state index is -1.47. The number of aliphatic carboxylic acids is 1. The Morgan fingerprint density at radius 1 is 0.932 bits per heavy atom. The highest BCUT2D eigenvalue weighted by Gasteiger charge is 2.44. The molecule has 0 spiro atoms. The van der Waals surface area contributed by atoms with Gasteiger partial charge >= 0.3 is 5.97 Å². The van der Waals surface area contributed by atoms with E-state index in [2.05, 4.69) is 5.32 Å². The molecule has 44 heavy (non-hydrogen) atoms. The maximum atomic E-state index is 14.0. The average molecular weight is 642 g/mol. The number of hydrogen-bond acceptors (Lipinski definition) is 6. The van der Waals surface area contributed by atoms with Gasteiger partial charge in [0.15, 0.2) is 6.17 Å². The second kappa shape index (κ2) is 13.0. The molecule has 4 rings (SSSR count). The summed E-state index contributed by atoms with van der Waals surface area (Å²) in [5.41, 5.74) is 1.13. The zero-order valence-corrected chi connectivity index (χ0v) is 25.6. The number of benzene rings is 3. The molecule has 0 aromatic heterocycles. The summed E-state index contributed by atoms with van der Waals surface area (Å²) in [4.78, 5) is 66.3. The van der Waals surface area contributed by atoms with Crippen molar-refractivity contribution >= 4 is 52.6 Å². The molecule has 13 heteroatoms. The smallest absolute Gasteiger partial charge is 0.305 e. The normalized spacial score (nSPS) is 15.5. The van der Waals surface area contributed by atoms with Crippen molar-refractivity contribution in [3.63, 3.8) is 0 Å². The summed E-state index contributed by atoms with van der Waals surface area (Å²) in [5.74, 6) is -3.23. The zero-order chi connectivity index (χ0) is 32.3. The number of nitro benzene ring substituents is 1. The molecule has 2 N–H and O–H groups in total. The maximum absolute atomic E-state index is 14.0. The molecule has 1 fully saturated rings. The lowest BCUT2D eigenvalue weighted by Gasteiger charge is -2.31. The summed E-state index contributed by atoms with van der Waals surface area (Å²) in [6, 6.07) is 15.2. The fourth-order valence-electron chi connectivity index (χ4n) is 4.94. The van der Waals surface area contributed by atoms with E-state index in [9.17, 15) is 34.4 Å². The Kier molecular flexibility index (Phi) is 9.60. The molecular weight excluding hydrogens is 611 g/mol. The summed E-state index contributed by atoms with van der Waals surface area (Å²) in [5, 5.41) is 23.9. The molecule has 3 amide bonds. The first-order chi connectivity index (χ1) is 20.7. The van der Waals surface area contributed by atoms with Gasteiger partial charge in [-0.2, -0.15) is 0 Å². The molecule has 0 bridgehead atoms. The molecule has 1 aliphatic rings. The van der Waals surface area contributed by atoms with Crippen LogP contribution >= 0.6 is 23.2 Å². The van der Waals surface area contributed by atoms with Crippen LogP contribution in [-0.4, -0.2) is 62.8 Å². The van der Waals surface area contributed by atoms with E-state index in [0.29, 0.717) is 5.56 Å². The first-order valence-corrected chi connectivity index (χ1v) is 14.4. The van der Waals surface area contributed by atoms with Crippen molar-refractivity contribution in [3.8, 4) is 0 Å². The van der Waals surface area contributed by atoms with Gasteiger partial charge in [0.05, 0.1) is 27.4 Å². The third-order valence-corrected chi connectivity index (χ3v) is 8.01. The fourth-order valence-corrected chi connectivity index (χ4v) is 5.24. The fraction of sp³-hybridized carbons (Fsp3) is 0.290. The van der Waals surface area contributed by atoms with Gasteiger partial charge in [0.1, 0.15) is 0 Å². The molecule has 2 unspecified atom stereocenters. The Bertz CT molecular complexity index is 1620. The number of nitro groups is 1. The van der Waals surface area contributed by atoms with E-state index >= 15 is 0 Å². The van der Waals surface area contributed by atoms with Gasteiger partial charge < -0.3 is 20.2 Å². The van der Waals surface area contributed by atoms with E-state index in [4.69, 9.17) is 23.2 Å². The molecule has 11 nitrogen and oxygen atoms in total. The summed E-state index contributed by atoms with van der Waals surface area (Å²) in [6.45, 7) is 6.10. The summed E-state index contributed by atoms with van der Waals surface area (Å²) < 4.78 is 0. The molecule has 0 saturated carbocycles. The quantitative estimate of drug-likeness (QED) is 0.245. The van der Waals surface area contributed by atoms with Crippen LogP contribution in [0.3, 0.4) is 0 Å². The first kappa shape index (κ1) is 32.4. The average Bonchev–Trinajstić information content (AvgIpc) is 3.42. The number of carbonyl (C=O) groups excluding carboxylic acids is 3. The minimum absolute atomic E-state index is 0.00537. The lowest BCUT2D eigenvalue weighted by molar-refractivity contribution is -0.384. The molecule has 1 aliphatic heterocycles. The molecule has 3 aromatic rings. The Balaban J connectivity index is 1.71. The minimum Gasteiger partial charge on any atom is -0.481 e. The summed E-state index contributed by atoms with van der Waals surface area (Å²) in [7, 11) is 0. The summed E-state index contributed by atoms with van der Waals surface area (Å²) in [6.07, 6.45) is -2.08. The molecule has 2 atom stereocenters. The second-order valence-corrected chi connectivity index (χ2v) is 12.2. The van der Waals surface area contributed by atoms with Crippen LogP contribution in [0.5, 0.6) is 0 Å². The Hall–Kier alpha value is -4.48. The van der Waals surface area contributed by atoms with Crippen molar-refractivity contribution in [1.29, 1.82) is 0 Å². The molecule has 3 aromatic carbocycles. The van der Waals surface area contributed by atoms with E-state index in [1.807, 2.05) is 32.9 Å². The van der Waals surface area contributed by atoms with Crippen molar-refractivity contribution in [2.24, 2.45) is 0 Å². The maximum Gasteiger partial charge on any atom is 0.305 e. The van der Waals surface area contributed by atoms with E-state index in [-0.39, 0.29) is 45.4 Å². The van der Waals surface area contributed by atoms with Gasteiger partial charge in [0.25, 0.3) is 23.4 Å². The van der Waals surface area contributed by atoms with Crippen LogP contribution in [0.1, 0.15) is 65.1 Å². The third-order valence-electron chi connectivity index (χ3n) is 7.27. The highest BCUT2D eigenvalue weighted by Crippen LogP contribution is 2.29. The van der Waals surface area contributed by atoms with Gasteiger partial charge in [-0.15, -0.1) is 0 Å². The van der Waals surface area contributed by atoms with E-state index in [0.717, 1.165) is 5.56 Å². The summed E-state index contributed by atoms with van der Waals surface area (Å²) >= 11 is 12.2. The lowest BCUT2D eigenvalue weighted by atomic mass is 9.86. The number of non-ortho nitro benzene ring substituents is 1. The number of halogens is 2. The van der Waals surface area contributed by atoms with Crippen LogP contribution in [0.4, 0.5) is 5.69 Å². The van der Waals surface area contributed by atoms with Crippen molar-refractivity contribution in [3.05, 3.63) is 109 Å². The lowest BCUT2D eigenvalue weighted by Crippen LogP contribution is -2.54. The molecule has 1 heterocycles. The largest absolute Gasteiger partial charge is 0.481 e. The highest BCUT2D eigenvalue weighted by molar-refractivity contribution is 6.42. The van der Waals surface area contributed by atoms with E-state index < -0.39 is 47.2 Å². The van der Waals surface area contributed by atoms with Gasteiger partial charge in [0.2, 0.25) is 0 Å². The number of rotatable bonds is 8. The predicted molar refractivity (Wildman–Crippen MR) is 164 cm³/mol. The highest BCUT2D eigenvalue weighted by atomic mass is 35.5. The van der Waals surface area contributed by atoms with Crippen molar-refractivity contribution < 1.29 is 29.2 Å². The van der Waals surface area contributed by atoms with Crippen molar-refractivity contribution in [2.75, 3.05) is 13.1 Å². The zero-order valence-electron chi connectivity index (χ0n) is 24.1. The van der Waals surface area contributed by atoms with Crippen LogP contribution in [-0.2, 0) is 15.0 Å². The molecular formula is C31H30Cl2N4O7. The Morgan fingerprint density at radius 2 is 1.52 bits per heavy atom. The van der Waals surface area contributed by atoms with E-state index in [1.54, 1.807) is 12.1 Å². The number of carbonyl (C=O) groups is 4. The van der Waals surface area contributed by atoms with Crippen molar-refractivity contribution in [1.82, 2.24) is 15.1 Å². The van der Waals surface area contributed by atoms with Gasteiger partial charge in [-0.1, -0.05) is 68.2 Å². The second-order valence-electron chi connectivity index (χ2n) is 11.3. The van der Waals surface area contributed by atoms with Crippen LogP contribution in [0.25, 0.3) is 0 Å². The molecule has 0 radical (unpaired) electrons. The monoisotopic (exact) mass is 640 g/mol. The van der Waals surface area contributed by atoms with Gasteiger partial charge in [-0.05, 0) is 46.9 Å². The van der Waals surface area contributed by atoms with Crippen molar-refractivity contribution in [2.45, 2.75) is 44.8 Å². The number of nitrogens with zero attached hydrogens (tertiary/aromatic N) is 3. The third kappa shape index (κ3) is 7.17. The molecule has 0 aliphatic carbocycles. The Morgan fingerprint density at radius 3 is 2.07 bits per heavy atom. The molecule has 230 valence electrons. The standard InChI is InChI=1S/C31H30Cl2N4O7/c1-31(2,3)21-10-7-18(8-11-21)29(41)35-13-14-36(30(42)20-9-12-23(32)24(33)16-20)28(35)27(40)34-25(17-26(38)39)19-5-4-6-22(15-19)37(43)44/h4-12,15-16,25,28H,13-14,17H2,1-3H3,(H,34,40)(H,38,39). The number of amides is 3. The molecule has 1 saturated heterocycles. The number of hydrogen-bond donors (Lipinski definition) is 2. The number of carboxylic acids is 1. The van der Waals surface area contributed by atoms with Gasteiger partial charge in [-0.3, -0.25) is 29.3 Å². The predicted octanol–water partition coefficient (Wildman–Crippen LogP) is 5.46. The topological polar surface area (TPSA) is 150 Å². The Labute approximate surface area is 263 Å². The van der Waals surface area contributed by atoms with E-state index in [1.165, 1.54) is 52.3 Å². The first-order valence-electron chi connectivity index (χ1n) is 13.6. The van der Waals surface area contributed by atoms with Gasteiger partial charge in [0, 0.05) is 36.3 Å². The van der Waals surface area contributed by atoms with Crippen LogP contribution in [0.2, 0.25) is 10.0 Å². The van der Waals surface area contributed by atoms with Crippen LogP contribution < -0.4 is 5.32 Å². The van der Waals surface area contributed by atoms with Crippen LogP contribution in [0.15, 0.2) is 66.7 Å². The number of nitrogens with one attached hydrogen (secondary N) is 1. The SMILES string of the molecule is CC(C)(C)c1ccc(C(=O)N2CCN(C(=O)c3ccc(Cl)c(Cl)c3)C2C(=O)NC(CC(=O)O)c2cccc([N+](=O)[O-])c2)cc1. The van der Waals surface area contributed by atoms with Gasteiger partial charge in [-0.25, -0.2) is 0 Å².